The Hall–Kier alpha value is -0.940. The Morgan fingerprint density at radius 2 is 2.12 bits per heavy atom. The van der Waals surface area contributed by atoms with E-state index in [9.17, 15) is 9.59 Å². The molecule has 5 nitrogen and oxygen atoms in total. The predicted octanol–water partition coefficient (Wildman–Crippen LogP) is 0.274. The molecule has 2 fully saturated rings. The summed E-state index contributed by atoms with van der Waals surface area (Å²) in [6.07, 6.45) is 3.00. The highest BCUT2D eigenvalue weighted by molar-refractivity contribution is 5.89. The van der Waals surface area contributed by atoms with Gasteiger partial charge < -0.3 is 14.8 Å². The lowest BCUT2D eigenvalue weighted by atomic mass is 9.75. The number of hydrogen-bond acceptors (Lipinski definition) is 5. The van der Waals surface area contributed by atoms with Crippen molar-refractivity contribution in [1.82, 2.24) is 5.32 Å². The number of piperidine rings is 1. The van der Waals surface area contributed by atoms with E-state index in [1.54, 1.807) is 7.11 Å². The maximum absolute atomic E-state index is 12.0. The number of ether oxygens (including phenoxy) is 2. The summed E-state index contributed by atoms with van der Waals surface area (Å²) in [6.45, 7) is 0. The molecule has 1 N–H and O–H groups in total. The van der Waals surface area contributed by atoms with E-state index in [1.165, 1.54) is 7.11 Å². The Labute approximate surface area is 101 Å². The van der Waals surface area contributed by atoms with Crippen LogP contribution in [0.5, 0.6) is 0 Å². The molecule has 1 saturated heterocycles. The summed E-state index contributed by atoms with van der Waals surface area (Å²) < 4.78 is 9.99. The molecular formula is C12H19NO4. The molecule has 0 aromatic heterocycles. The fourth-order valence-electron chi connectivity index (χ4n) is 2.86. The van der Waals surface area contributed by atoms with Gasteiger partial charge in [-0.05, 0) is 19.3 Å². The number of nitrogens with one attached hydrogen (secondary N) is 1. The number of carbonyl (C=O) groups is 2. The number of rotatable bonds is 2. The summed E-state index contributed by atoms with van der Waals surface area (Å²) in [6, 6.07) is -0.361. The van der Waals surface area contributed by atoms with Crippen molar-refractivity contribution in [3.05, 3.63) is 0 Å². The van der Waals surface area contributed by atoms with E-state index >= 15 is 0 Å². The number of fused-ring (bicyclic) bond motifs is 1. The van der Waals surface area contributed by atoms with Crippen molar-refractivity contribution in [3.63, 3.8) is 0 Å². The summed E-state index contributed by atoms with van der Waals surface area (Å²) in [7, 11) is 3.03. The van der Waals surface area contributed by atoms with Gasteiger partial charge in [0.25, 0.3) is 0 Å². The zero-order chi connectivity index (χ0) is 12.4. The van der Waals surface area contributed by atoms with Crippen molar-refractivity contribution in [2.75, 3.05) is 14.2 Å². The van der Waals surface area contributed by atoms with E-state index in [4.69, 9.17) is 4.74 Å². The van der Waals surface area contributed by atoms with Gasteiger partial charge >= 0.3 is 5.97 Å². The van der Waals surface area contributed by atoms with Crippen molar-refractivity contribution < 1.29 is 19.1 Å². The van der Waals surface area contributed by atoms with Gasteiger partial charge in [-0.3, -0.25) is 9.59 Å². The van der Waals surface area contributed by atoms with Crippen LogP contribution < -0.4 is 5.32 Å². The molecular weight excluding hydrogens is 222 g/mol. The SMILES string of the molecule is COC(=O)C1CC(=O)C2CC(OC)CCC2N1. The van der Waals surface area contributed by atoms with Crippen molar-refractivity contribution in [2.24, 2.45) is 5.92 Å². The first kappa shape index (κ1) is 12.5. The lowest BCUT2D eigenvalue weighted by Gasteiger charge is -2.40. The third kappa shape index (κ3) is 2.50. The van der Waals surface area contributed by atoms with Crippen LogP contribution in [-0.2, 0) is 19.1 Å². The van der Waals surface area contributed by atoms with Crippen LogP contribution in [0.15, 0.2) is 0 Å². The minimum atomic E-state index is -0.465. The van der Waals surface area contributed by atoms with Gasteiger partial charge in [-0.25, -0.2) is 0 Å². The van der Waals surface area contributed by atoms with Crippen LogP contribution in [0.4, 0.5) is 0 Å². The smallest absolute Gasteiger partial charge is 0.323 e. The van der Waals surface area contributed by atoms with Crippen molar-refractivity contribution in [1.29, 1.82) is 0 Å². The van der Waals surface area contributed by atoms with Crippen LogP contribution in [-0.4, -0.2) is 44.2 Å². The van der Waals surface area contributed by atoms with Gasteiger partial charge in [0.1, 0.15) is 11.8 Å². The number of Topliss-reactive ketones (excluding diaryl/α,β-unsaturated/α-hetero) is 1. The minimum Gasteiger partial charge on any atom is -0.468 e. The fraction of sp³-hybridized carbons (Fsp3) is 0.833. The highest BCUT2D eigenvalue weighted by Crippen LogP contribution is 2.31. The van der Waals surface area contributed by atoms with E-state index in [2.05, 4.69) is 10.1 Å². The van der Waals surface area contributed by atoms with Gasteiger partial charge in [0, 0.05) is 25.5 Å². The van der Waals surface area contributed by atoms with Gasteiger partial charge in [0.05, 0.1) is 13.2 Å². The second kappa shape index (κ2) is 5.14. The van der Waals surface area contributed by atoms with Gasteiger partial charge in [-0.2, -0.15) is 0 Å². The minimum absolute atomic E-state index is 0.00499. The molecule has 1 aliphatic heterocycles. The Morgan fingerprint density at radius 1 is 1.35 bits per heavy atom. The molecule has 5 heteroatoms. The van der Waals surface area contributed by atoms with Crippen molar-refractivity contribution in [3.8, 4) is 0 Å². The molecule has 2 rings (SSSR count). The van der Waals surface area contributed by atoms with Crippen LogP contribution >= 0.6 is 0 Å². The molecule has 0 amide bonds. The zero-order valence-corrected chi connectivity index (χ0v) is 10.3. The molecule has 17 heavy (non-hydrogen) atoms. The molecule has 0 spiro atoms. The Kier molecular flexibility index (Phi) is 3.79. The molecule has 1 heterocycles. The first-order chi connectivity index (χ1) is 8.15. The Balaban J connectivity index is 2.02. The summed E-state index contributed by atoms with van der Waals surface area (Å²) in [5.74, 6) is -0.189. The molecule has 0 aromatic rings. The van der Waals surface area contributed by atoms with Crippen LogP contribution in [0.2, 0.25) is 0 Å². The number of ketones is 1. The van der Waals surface area contributed by atoms with E-state index < -0.39 is 6.04 Å². The summed E-state index contributed by atoms with van der Waals surface area (Å²) in [5.41, 5.74) is 0. The normalized spacial score (nSPS) is 37.4. The highest BCUT2D eigenvalue weighted by atomic mass is 16.5. The average molecular weight is 241 g/mol. The third-order valence-electron chi connectivity index (χ3n) is 3.86. The van der Waals surface area contributed by atoms with Crippen molar-refractivity contribution in [2.45, 2.75) is 43.9 Å². The van der Waals surface area contributed by atoms with E-state index in [0.29, 0.717) is 0 Å². The van der Waals surface area contributed by atoms with Gasteiger partial charge in [0.2, 0.25) is 0 Å². The molecule has 1 aliphatic carbocycles. The maximum Gasteiger partial charge on any atom is 0.323 e. The molecule has 4 unspecified atom stereocenters. The standard InChI is InChI=1S/C12H19NO4/c1-16-7-3-4-9-8(5-7)11(14)6-10(13-9)12(15)17-2/h7-10,13H,3-6H2,1-2H3. The second-order valence-electron chi connectivity index (χ2n) is 4.80. The molecule has 0 aromatic carbocycles. The first-order valence-electron chi connectivity index (χ1n) is 6.05. The molecule has 96 valence electrons. The lowest BCUT2D eigenvalue weighted by Crippen LogP contribution is -2.57. The zero-order valence-electron chi connectivity index (χ0n) is 10.3. The van der Waals surface area contributed by atoms with Gasteiger partial charge in [0.15, 0.2) is 0 Å². The van der Waals surface area contributed by atoms with Crippen molar-refractivity contribution >= 4 is 11.8 Å². The van der Waals surface area contributed by atoms with Crippen LogP contribution in [0.3, 0.4) is 0 Å². The summed E-state index contributed by atoms with van der Waals surface area (Å²) in [5, 5.41) is 3.23. The Morgan fingerprint density at radius 3 is 2.76 bits per heavy atom. The fourth-order valence-corrected chi connectivity index (χ4v) is 2.86. The molecule has 0 radical (unpaired) electrons. The van der Waals surface area contributed by atoms with E-state index in [-0.39, 0.29) is 36.2 Å². The van der Waals surface area contributed by atoms with Crippen LogP contribution in [0.1, 0.15) is 25.7 Å². The van der Waals surface area contributed by atoms with Crippen LogP contribution in [0.25, 0.3) is 0 Å². The second-order valence-corrected chi connectivity index (χ2v) is 4.80. The largest absolute Gasteiger partial charge is 0.468 e. The third-order valence-corrected chi connectivity index (χ3v) is 3.86. The first-order valence-corrected chi connectivity index (χ1v) is 6.05. The topological polar surface area (TPSA) is 64.6 Å². The lowest BCUT2D eigenvalue weighted by molar-refractivity contribution is -0.148. The Bertz CT molecular complexity index is 318. The van der Waals surface area contributed by atoms with Gasteiger partial charge in [-0.1, -0.05) is 0 Å². The average Bonchev–Trinajstić information content (AvgIpc) is 2.37. The molecule has 1 saturated carbocycles. The number of methoxy groups -OCH3 is 2. The number of esters is 1. The van der Waals surface area contributed by atoms with Gasteiger partial charge in [-0.15, -0.1) is 0 Å². The molecule has 4 atom stereocenters. The van der Waals surface area contributed by atoms with E-state index in [1.807, 2.05) is 0 Å². The quantitative estimate of drug-likeness (QED) is 0.703. The van der Waals surface area contributed by atoms with E-state index in [0.717, 1.165) is 19.3 Å². The summed E-state index contributed by atoms with van der Waals surface area (Å²) in [4.78, 5) is 23.5. The number of carbonyl (C=O) groups excluding carboxylic acids is 2. The molecule has 0 bridgehead atoms. The highest BCUT2D eigenvalue weighted by Gasteiger charge is 2.42. The predicted molar refractivity (Wildman–Crippen MR) is 60.5 cm³/mol. The molecule has 2 aliphatic rings. The van der Waals surface area contributed by atoms with Crippen LogP contribution in [0, 0.1) is 5.92 Å². The summed E-state index contributed by atoms with van der Waals surface area (Å²) >= 11 is 0. The monoisotopic (exact) mass is 241 g/mol. The maximum atomic E-state index is 12.0. The number of hydrogen-bond donors (Lipinski definition) is 1.